The van der Waals surface area contributed by atoms with Gasteiger partial charge in [0.2, 0.25) is 5.91 Å². The molecule has 0 aliphatic carbocycles. The fourth-order valence-corrected chi connectivity index (χ4v) is 1.72. The molecule has 1 amide bonds. The summed E-state index contributed by atoms with van der Waals surface area (Å²) in [4.78, 5) is 22.3. The second-order valence-electron chi connectivity index (χ2n) is 5.63. The van der Waals surface area contributed by atoms with Crippen molar-refractivity contribution in [2.45, 2.75) is 45.1 Å². The van der Waals surface area contributed by atoms with E-state index in [1.165, 1.54) is 0 Å². The molecule has 5 heteroatoms. The molecule has 0 bridgehead atoms. The zero-order chi connectivity index (χ0) is 15.2. The average Bonchev–Trinajstić information content (AvgIpc) is 2.34. The van der Waals surface area contributed by atoms with Crippen molar-refractivity contribution in [1.82, 2.24) is 0 Å². The van der Waals surface area contributed by atoms with Gasteiger partial charge in [-0.3, -0.25) is 9.59 Å². The summed E-state index contributed by atoms with van der Waals surface area (Å²) in [7, 11) is 0. The molecule has 5 nitrogen and oxygen atoms in total. The number of hydrogen-bond donors (Lipinski definition) is 3. The maximum absolute atomic E-state index is 11.8. The highest BCUT2D eigenvalue weighted by Crippen LogP contribution is 2.14. The van der Waals surface area contributed by atoms with Crippen LogP contribution in [-0.2, 0) is 16.0 Å². The topological polar surface area (TPSA) is 92.4 Å². The van der Waals surface area contributed by atoms with E-state index in [-0.39, 0.29) is 17.9 Å². The van der Waals surface area contributed by atoms with E-state index in [1.807, 2.05) is 19.9 Å². The van der Waals surface area contributed by atoms with Crippen LogP contribution in [0.25, 0.3) is 0 Å². The first-order valence-corrected chi connectivity index (χ1v) is 6.66. The summed E-state index contributed by atoms with van der Waals surface area (Å²) >= 11 is 0. The molecule has 0 atom stereocenters. The fraction of sp³-hybridized carbons (Fsp3) is 0.467. The van der Waals surface area contributed by atoms with Crippen LogP contribution in [0, 0.1) is 0 Å². The molecular weight excluding hydrogens is 256 g/mol. The Morgan fingerprint density at radius 2 is 2.00 bits per heavy atom. The molecule has 0 spiro atoms. The van der Waals surface area contributed by atoms with Crippen molar-refractivity contribution in [3.63, 3.8) is 0 Å². The second kappa shape index (κ2) is 7.05. The van der Waals surface area contributed by atoms with E-state index in [0.717, 1.165) is 5.56 Å². The molecule has 1 rings (SSSR count). The monoisotopic (exact) mass is 278 g/mol. The van der Waals surface area contributed by atoms with Gasteiger partial charge in [-0.15, -0.1) is 0 Å². The Kier molecular flexibility index (Phi) is 5.70. The van der Waals surface area contributed by atoms with Crippen LogP contribution in [0.3, 0.4) is 0 Å². The van der Waals surface area contributed by atoms with E-state index in [2.05, 4.69) is 5.32 Å². The summed E-state index contributed by atoms with van der Waals surface area (Å²) in [5, 5.41) is 11.5. The number of hydrogen-bond acceptors (Lipinski definition) is 3. The summed E-state index contributed by atoms with van der Waals surface area (Å²) in [5.74, 6) is -0.913. The zero-order valence-electron chi connectivity index (χ0n) is 12.0. The van der Waals surface area contributed by atoms with Crippen LogP contribution < -0.4 is 11.1 Å². The molecule has 1 aromatic carbocycles. The summed E-state index contributed by atoms with van der Waals surface area (Å²) in [6, 6.07) is 7.24. The van der Waals surface area contributed by atoms with Gasteiger partial charge < -0.3 is 16.2 Å². The van der Waals surface area contributed by atoms with Gasteiger partial charge in [-0.05, 0) is 44.4 Å². The third-order valence-electron chi connectivity index (χ3n) is 2.83. The molecule has 0 unspecified atom stereocenters. The third-order valence-corrected chi connectivity index (χ3v) is 2.83. The average molecular weight is 278 g/mol. The summed E-state index contributed by atoms with van der Waals surface area (Å²) in [5.41, 5.74) is 7.05. The highest BCUT2D eigenvalue weighted by molar-refractivity contribution is 5.90. The zero-order valence-corrected chi connectivity index (χ0v) is 12.0. The summed E-state index contributed by atoms with van der Waals surface area (Å²) in [6.07, 6.45) is 1.51. The van der Waals surface area contributed by atoms with Crippen LogP contribution in [0.5, 0.6) is 0 Å². The molecule has 0 fully saturated rings. The maximum Gasteiger partial charge on any atom is 0.303 e. The molecule has 20 heavy (non-hydrogen) atoms. The van der Waals surface area contributed by atoms with Crippen LogP contribution in [0.2, 0.25) is 0 Å². The van der Waals surface area contributed by atoms with Gasteiger partial charge in [-0.25, -0.2) is 0 Å². The third kappa shape index (κ3) is 6.89. The van der Waals surface area contributed by atoms with E-state index >= 15 is 0 Å². The Hall–Kier alpha value is -1.88. The van der Waals surface area contributed by atoms with E-state index in [4.69, 9.17) is 10.8 Å². The predicted molar refractivity (Wildman–Crippen MR) is 78.5 cm³/mol. The smallest absolute Gasteiger partial charge is 0.303 e. The Bertz CT molecular complexity index is 478. The molecule has 4 N–H and O–H groups in total. The molecule has 0 radical (unpaired) electrons. The first-order chi connectivity index (χ1) is 9.26. The highest BCUT2D eigenvalue weighted by atomic mass is 16.4. The minimum Gasteiger partial charge on any atom is -0.481 e. The van der Waals surface area contributed by atoms with Crippen LogP contribution >= 0.6 is 0 Å². The van der Waals surface area contributed by atoms with Gasteiger partial charge >= 0.3 is 5.97 Å². The first-order valence-electron chi connectivity index (χ1n) is 6.66. The number of nitrogens with two attached hydrogens (primary N) is 1. The molecule has 0 saturated heterocycles. The number of rotatable bonds is 7. The number of anilines is 1. The number of carboxylic acids is 1. The summed E-state index contributed by atoms with van der Waals surface area (Å²) < 4.78 is 0. The highest BCUT2D eigenvalue weighted by Gasteiger charge is 2.13. The van der Waals surface area contributed by atoms with Crippen LogP contribution in [-0.4, -0.2) is 22.5 Å². The first kappa shape index (κ1) is 16.2. The molecule has 0 saturated carbocycles. The quantitative estimate of drug-likeness (QED) is 0.712. The van der Waals surface area contributed by atoms with Crippen molar-refractivity contribution in [1.29, 1.82) is 0 Å². The van der Waals surface area contributed by atoms with Gasteiger partial charge in [0.25, 0.3) is 0 Å². The molecule has 0 aromatic heterocycles. The van der Waals surface area contributed by atoms with Gasteiger partial charge in [0.05, 0.1) is 0 Å². The van der Waals surface area contributed by atoms with E-state index in [0.29, 0.717) is 24.9 Å². The normalized spacial score (nSPS) is 11.2. The van der Waals surface area contributed by atoms with Crippen molar-refractivity contribution in [3.8, 4) is 0 Å². The van der Waals surface area contributed by atoms with Gasteiger partial charge in [-0.2, -0.15) is 0 Å². The van der Waals surface area contributed by atoms with Gasteiger partial charge in [0.15, 0.2) is 0 Å². The number of aliphatic carboxylic acids is 1. The van der Waals surface area contributed by atoms with Gasteiger partial charge in [0, 0.05) is 24.1 Å². The number of carbonyl (C=O) groups is 2. The Morgan fingerprint density at radius 3 is 2.60 bits per heavy atom. The lowest BCUT2D eigenvalue weighted by atomic mass is 10.00. The fourth-order valence-electron chi connectivity index (χ4n) is 1.72. The second-order valence-corrected chi connectivity index (χ2v) is 5.63. The van der Waals surface area contributed by atoms with Crippen molar-refractivity contribution >= 4 is 17.6 Å². The number of carboxylic acid groups (broad SMARTS) is 1. The SMILES string of the molecule is CC(C)(N)CCC(=O)Nc1cccc(CCC(=O)O)c1. The van der Waals surface area contributed by atoms with E-state index in [1.54, 1.807) is 18.2 Å². The van der Waals surface area contributed by atoms with Crippen LogP contribution in [0.4, 0.5) is 5.69 Å². The van der Waals surface area contributed by atoms with Crippen LogP contribution in [0.15, 0.2) is 24.3 Å². The molecular formula is C15H22N2O3. The number of carbonyl (C=O) groups excluding carboxylic acids is 1. The number of nitrogens with one attached hydrogen (secondary N) is 1. The van der Waals surface area contributed by atoms with Crippen molar-refractivity contribution in [2.75, 3.05) is 5.32 Å². The summed E-state index contributed by atoms with van der Waals surface area (Å²) in [6.45, 7) is 3.76. The molecule has 0 heterocycles. The molecule has 0 aliphatic heterocycles. The predicted octanol–water partition coefficient (Wildman–Crippen LogP) is 2.16. The Labute approximate surface area is 119 Å². The molecule has 110 valence electrons. The number of aryl methyl sites for hydroxylation is 1. The Balaban J connectivity index is 2.53. The van der Waals surface area contributed by atoms with Gasteiger partial charge in [0.1, 0.15) is 0 Å². The molecule has 1 aromatic rings. The van der Waals surface area contributed by atoms with E-state index < -0.39 is 5.97 Å². The number of benzene rings is 1. The van der Waals surface area contributed by atoms with Gasteiger partial charge in [-0.1, -0.05) is 12.1 Å². The molecule has 0 aliphatic rings. The van der Waals surface area contributed by atoms with Crippen molar-refractivity contribution in [2.24, 2.45) is 5.73 Å². The van der Waals surface area contributed by atoms with Crippen LogP contribution in [0.1, 0.15) is 38.7 Å². The van der Waals surface area contributed by atoms with E-state index in [9.17, 15) is 9.59 Å². The standard InChI is InChI=1S/C15H22N2O3/c1-15(2,16)9-8-13(18)17-12-5-3-4-11(10-12)6-7-14(19)20/h3-5,10H,6-9,16H2,1-2H3,(H,17,18)(H,19,20). The number of amides is 1. The van der Waals surface area contributed by atoms with Crippen molar-refractivity contribution < 1.29 is 14.7 Å². The minimum atomic E-state index is -0.829. The maximum atomic E-state index is 11.8. The largest absolute Gasteiger partial charge is 0.481 e. The minimum absolute atomic E-state index is 0.0821. The lowest BCUT2D eigenvalue weighted by molar-refractivity contribution is -0.137. The van der Waals surface area contributed by atoms with Crippen molar-refractivity contribution in [3.05, 3.63) is 29.8 Å². The lowest BCUT2D eigenvalue weighted by Crippen LogP contribution is -2.33. The lowest BCUT2D eigenvalue weighted by Gasteiger charge is -2.17. The Morgan fingerprint density at radius 1 is 1.30 bits per heavy atom.